The Bertz CT molecular complexity index is 763. The summed E-state index contributed by atoms with van der Waals surface area (Å²) < 4.78 is 23.9. The SMILES string of the molecule is CO/C=C(\C(=O)OC)C1=C(C)N2N=CN(c3ccccc3F)C2S1. The van der Waals surface area contributed by atoms with E-state index in [1.807, 2.05) is 6.92 Å². The second kappa shape index (κ2) is 6.56. The van der Waals surface area contributed by atoms with Gasteiger partial charge in [-0.25, -0.2) is 14.2 Å². The third kappa shape index (κ3) is 2.62. The van der Waals surface area contributed by atoms with Gasteiger partial charge in [0.05, 0.1) is 31.9 Å². The zero-order chi connectivity index (χ0) is 17.3. The standard InChI is InChI=1S/C16H16FN3O3S/c1-10-14(11(8-22-2)15(21)23-3)24-16-19(9-18-20(10)16)13-7-5-4-6-12(13)17/h4-9,16H,1-3H3/b11-8-. The monoisotopic (exact) mass is 349 g/mol. The maximum Gasteiger partial charge on any atom is 0.342 e. The van der Waals surface area contributed by atoms with E-state index >= 15 is 0 Å². The van der Waals surface area contributed by atoms with Gasteiger partial charge in [-0.05, 0) is 19.1 Å². The van der Waals surface area contributed by atoms with Gasteiger partial charge in [0.2, 0.25) is 0 Å². The van der Waals surface area contributed by atoms with Gasteiger partial charge >= 0.3 is 5.97 Å². The van der Waals surface area contributed by atoms with E-state index in [4.69, 9.17) is 9.47 Å². The van der Waals surface area contributed by atoms with Gasteiger partial charge in [0.25, 0.3) is 0 Å². The van der Waals surface area contributed by atoms with Gasteiger partial charge in [0.1, 0.15) is 17.7 Å². The number of nitrogens with zero attached hydrogens (tertiary/aromatic N) is 3. The molecule has 0 fully saturated rings. The van der Waals surface area contributed by atoms with E-state index in [-0.39, 0.29) is 11.3 Å². The lowest BCUT2D eigenvalue weighted by atomic mass is 10.2. The van der Waals surface area contributed by atoms with E-state index in [0.29, 0.717) is 16.2 Å². The Balaban J connectivity index is 1.93. The van der Waals surface area contributed by atoms with E-state index in [0.717, 1.165) is 5.70 Å². The molecule has 0 amide bonds. The van der Waals surface area contributed by atoms with Crippen molar-refractivity contribution in [3.05, 3.63) is 52.5 Å². The fraction of sp³-hybridized carbons (Fsp3) is 0.250. The Morgan fingerprint density at radius 2 is 2.12 bits per heavy atom. The van der Waals surface area contributed by atoms with E-state index < -0.39 is 5.97 Å². The average Bonchev–Trinajstić information content (AvgIpc) is 3.13. The lowest BCUT2D eigenvalue weighted by molar-refractivity contribution is -0.135. The maximum atomic E-state index is 14.1. The summed E-state index contributed by atoms with van der Waals surface area (Å²) in [6, 6.07) is 6.49. The van der Waals surface area contributed by atoms with E-state index in [2.05, 4.69) is 5.10 Å². The number of benzene rings is 1. The van der Waals surface area contributed by atoms with E-state index in [1.54, 1.807) is 34.4 Å². The predicted molar refractivity (Wildman–Crippen MR) is 90.4 cm³/mol. The molecule has 24 heavy (non-hydrogen) atoms. The molecule has 1 aromatic carbocycles. The van der Waals surface area contributed by atoms with Crippen LogP contribution < -0.4 is 4.90 Å². The van der Waals surface area contributed by atoms with Crippen LogP contribution in [-0.2, 0) is 14.3 Å². The van der Waals surface area contributed by atoms with Crippen LogP contribution in [0.4, 0.5) is 10.1 Å². The molecule has 8 heteroatoms. The van der Waals surface area contributed by atoms with Crippen molar-refractivity contribution in [2.24, 2.45) is 5.10 Å². The largest absolute Gasteiger partial charge is 0.503 e. The average molecular weight is 349 g/mol. The van der Waals surface area contributed by atoms with Gasteiger partial charge in [0.15, 0.2) is 5.50 Å². The molecule has 1 unspecified atom stereocenters. The maximum absolute atomic E-state index is 14.1. The molecule has 6 nitrogen and oxygen atoms in total. The number of para-hydroxylation sites is 1. The second-order valence-electron chi connectivity index (χ2n) is 5.05. The predicted octanol–water partition coefficient (Wildman–Crippen LogP) is 2.86. The number of hydrogen-bond acceptors (Lipinski definition) is 7. The zero-order valence-electron chi connectivity index (χ0n) is 13.4. The summed E-state index contributed by atoms with van der Waals surface area (Å²) in [5, 5.41) is 6.06. The van der Waals surface area contributed by atoms with E-state index in [9.17, 15) is 9.18 Å². The molecule has 0 aliphatic carbocycles. The highest BCUT2D eigenvalue weighted by atomic mass is 32.2. The van der Waals surface area contributed by atoms with Crippen molar-refractivity contribution >= 4 is 29.8 Å². The fourth-order valence-electron chi connectivity index (χ4n) is 2.52. The summed E-state index contributed by atoms with van der Waals surface area (Å²) in [4.78, 5) is 14.4. The third-order valence-corrected chi connectivity index (χ3v) is 5.05. The Hall–Kier alpha value is -2.48. The van der Waals surface area contributed by atoms with Gasteiger partial charge in [0, 0.05) is 4.91 Å². The molecule has 0 radical (unpaired) electrons. The van der Waals surface area contributed by atoms with Crippen LogP contribution in [0.25, 0.3) is 0 Å². The molecule has 2 aliphatic rings. The first-order valence-electron chi connectivity index (χ1n) is 7.14. The number of methoxy groups -OCH3 is 2. The smallest absolute Gasteiger partial charge is 0.342 e. The summed E-state index contributed by atoms with van der Waals surface area (Å²) in [5.41, 5.74) is 1.20. The molecule has 0 bridgehead atoms. The third-order valence-electron chi connectivity index (χ3n) is 3.66. The number of anilines is 1. The number of hydrogen-bond donors (Lipinski definition) is 0. The summed E-state index contributed by atoms with van der Waals surface area (Å²) in [6.07, 6.45) is 2.92. The minimum Gasteiger partial charge on any atom is -0.503 e. The van der Waals surface area contributed by atoms with Crippen LogP contribution in [-0.4, -0.2) is 37.0 Å². The van der Waals surface area contributed by atoms with Crippen LogP contribution in [0.3, 0.4) is 0 Å². The fourth-order valence-corrected chi connectivity index (χ4v) is 3.85. The first-order valence-corrected chi connectivity index (χ1v) is 8.01. The van der Waals surface area contributed by atoms with Crippen molar-refractivity contribution in [2.45, 2.75) is 12.4 Å². The molecule has 1 aromatic rings. The molecule has 1 atom stereocenters. The number of rotatable bonds is 4. The number of allylic oxidation sites excluding steroid dienone is 1. The summed E-state index contributed by atoms with van der Waals surface area (Å²) >= 11 is 1.38. The highest BCUT2D eigenvalue weighted by Gasteiger charge is 2.41. The molecule has 2 aliphatic heterocycles. The first-order chi connectivity index (χ1) is 11.6. The molecule has 0 spiro atoms. The summed E-state index contributed by atoms with van der Waals surface area (Å²) in [7, 11) is 2.77. The van der Waals surface area contributed by atoms with Crippen molar-refractivity contribution in [2.75, 3.05) is 19.1 Å². The second-order valence-corrected chi connectivity index (χ2v) is 6.12. The van der Waals surface area contributed by atoms with Crippen LogP contribution in [0.2, 0.25) is 0 Å². The number of halogens is 1. The lowest BCUT2D eigenvalue weighted by Gasteiger charge is -2.24. The molecular weight excluding hydrogens is 333 g/mol. The quantitative estimate of drug-likeness (QED) is 0.473. The van der Waals surface area contributed by atoms with Crippen LogP contribution in [0.1, 0.15) is 6.92 Å². The number of carbonyl (C=O) groups is 1. The molecule has 126 valence electrons. The Morgan fingerprint density at radius 1 is 1.38 bits per heavy atom. The minimum absolute atomic E-state index is 0.304. The Morgan fingerprint density at radius 3 is 2.79 bits per heavy atom. The summed E-state index contributed by atoms with van der Waals surface area (Å²) in [6.45, 7) is 1.84. The number of esters is 1. The number of ether oxygens (including phenoxy) is 2. The van der Waals surface area contributed by atoms with Crippen molar-refractivity contribution in [3.63, 3.8) is 0 Å². The first kappa shape index (κ1) is 16.4. The number of carbonyl (C=O) groups excluding carboxylic acids is 1. The van der Waals surface area contributed by atoms with Gasteiger partial charge in [-0.2, -0.15) is 5.10 Å². The minimum atomic E-state index is -0.499. The number of hydrazone groups is 1. The zero-order valence-corrected chi connectivity index (χ0v) is 14.2. The molecular formula is C16H16FN3O3S. The van der Waals surface area contributed by atoms with Crippen LogP contribution in [0, 0.1) is 5.82 Å². The topological polar surface area (TPSA) is 54.4 Å². The van der Waals surface area contributed by atoms with Crippen LogP contribution in [0.5, 0.6) is 0 Å². The molecule has 0 saturated carbocycles. The van der Waals surface area contributed by atoms with Crippen molar-refractivity contribution in [1.29, 1.82) is 0 Å². The highest BCUT2D eigenvalue weighted by molar-refractivity contribution is 8.04. The van der Waals surface area contributed by atoms with E-state index in [1.165, 1.54) is 38.3 Å². The Kier molecular flexibility index (Phi) is 4.48. The molecule has 0 N–H and O–H groups in total. The molecule has 0 aromatic heterocycles. The molecule has 3 rings (SSSR count). The normalized spacial score (nSPS) is 19.8. The van der Waals surface area contributed by atoms with Gasteiger partial charge in [-0.15, -0.1) is 0 Å². The Labute approximate surface area is 143 Å². The van der Waals surface area contributed by atoms with Crippen molar-refractivity contribution in [3.8, 4) is 0 Å². The van der Waals surface area contributed by atoms with Gasteiger partial charge in [-0.1, -0.05) is 23.9 Å². The van der Waals surface area contributed by atoms with Gasteiger partial charge in [-0.3, -0.25) is 4.90 Å². The van der Waals surface area contributed by atoms with Crippen molar-refractivity contribution < 1.29 is 18.7 Å². The lowest BCUT2D eigenvalue weighted by Crippen LogP contribution is -2.33. The summed E-state index contributed by atoms with van der Waals surface area (Å²) in [5.74, 6) is -0.834. The van der Waals surface area contributed by atoms with Crippen LogP contribution >= 0.6 is 11.8 Å². The number of fused-ring (bicyclic) bond motifs is 1. The highest BCUT2D eigenvalue weighted by Crippen LogP contribution is 2.46. The van der Waals surface area contributed by atoms with Crippen LogP contribution in [0.15, 0.2) is 51.8 Å². The molecule has 0 saturated heterocycles. The molecule has 2 heterocycles. The van der Waals surface area contributed by atoms with Gasteiger partial charge < -0.3 is 9.47 Å². The number of thioether (sulfide) groups is 1. The van der Waals surface area contributed by atoms with Crippen molar-refractivity contribution in [1.82, 2.24) is 5.01 Å².